The Labute approximate surface area is 99.2 Å². The van der Waals surface area contributed by atoms with E-state index in [1.165, 1.54) is 12.1 Å². The monoisotopic (exact) mass is 240 g/mol. The van der Waals surface area contributed by atoms with Crippen LogP contribution in [0, 0.1) is 0 Å². The van der Waals surface area contributed by atoms with E-state index in [9.17, 15) is 0 Å². The molecule has 1 unspecified atom stereocenters. The molecule has 1 atom stereocenters. The minimum atomic E-state index is -1.49. The maximum absolute atomic E-state index is 5.92. The summed E-state index contributed by atoms with van der Waals surface area (Å²) in [5, 5.41) is 0. The summed E-state index contributed by atoms with van der Waals surface area (Å²) < 4.78 is 0. The Morgan fingerprint density at radius 1 is 0.824 bits per heavy atom. The molecule has 16 N–H and O–H groups in total. The van der Waals surface area contributed by atoms with Crippen molar-refractivity contribution >= 4 is 17.1 Å². The van der Waals surface area contributed by atoms with Crippen LogP contribution in [0.3, 0.4) is 0 Å². The molecule has 0 aromatic heterocycles. The molecule has 0 spiro atoms. The summed E-state index contributed by atoms with van der Waals surface area (Å²) in [6, 6.07) is 2.06. The molecule has 8 heteroatoms. The van der Waals surface area contributed by atoms with E-state index >= 15 is 0 Å². The first kappa shape index (κ1) is 13.5. The van der Waals surface area contributed by atoms with Crippen LogP contribution in [-0.2, 0) is 5.66 Å². The second-order valence-electron chi connectivity index (χ2n) is 4.10. The Morgan fingerprint density at radius 3 is 1.76 bits per heavy atom. The topological polar surface area (TPSA) is 208 Å². The minimum absolute atomic E-state index is 0.290. The first-order valence-corrected chi connectivity index (χ1v) is 4.97. The molecule has 0 radical (unpaired) electrons. The van der Waals surface area contributed by atoms with Gasteiger partial charge in [-0.1, -0.05) is 0 Å². The molecule has 0 heterocycles. The normalized spacial score (nSPS) is 14.0. The van der Waals surface area contributed by atoms with E-state index in [1.807, 2.05) is 0 Å². The number of anilines is 3. The van der Waals surface area contributed by atoms with Gasteiger partial charge in [0.15, 0.2) is 0 Å². The van der Waals surface area contributed by atoms with Crippen LogP contribution < -0.4 is 45.9 Å². The summed E-state index contributed by atoms with van der Waals surface area (Å²) in [6.07, 6.45) is -0.886. The second kappa shape index (κ2) is 4.35. The molecule has 0 amide bonds. The smallest absolute Gasteiger partial charge is 0.110 e. The summed E-state index contributed by atoms with van der Waals surface area (Å²) in [6.45, 7) is 0. The van der Waals surface area contributed by atoms with E-state index < -0.39 is 17.9 Å². The first-order chi connectivity index (χ1) is 7.67. The van der Waals surface area contributed by atoms with Crippen molar-refractivity contribution in [3.8, 4) is 0 Å². The third-order valence-corrected chi connectivity index (χ3v) is 2.69. The maximum atomic E-state index is 5.92. The Hall–Kier alpha value is -1.58. The van der Waals surface area contributed by atoms with Crippen LogP contribution in [0.25, 0.3) is 0 Å². The van der Waals surface area contributed by atoms with Crippen molar-refractivity contribution < 1.29 is 0 Å². The van der Waals surface area contributed by atoms with Crippen molar-refractivity contribution in [2.45, 2.75) is 17.9 Å². The van der Waals surface area contributed by atoms with Crippen LogP contribution in [-0.4, -0.2) is 12.2 Å². The van der Waals surface area contributed by atoms with Gasteiger partial charge < -0.3 is 45.9 Å². The van der Waals surface area contributed by atoms with Crippen LogP contribution in [0.2, 0.25) is 0 Å². The van der Waals surface area contributed by atoms with Gasteiger partial charge in [-0.15, -0.1) is 0 Å². The van der Waals surface area contributed by atoms with E-state index in [1.54, 1.807) is 0 Å². The highest BCUT2D eigenvalue weighted by Gasteiger charge is 2.34. The number of nitrogen functional groups attached to an aromatic ring is 3. The van der Waals surface area contributed by atoms with Crippen molar-refractivity contribution in [3.63, 3.8) is 0 Å². The van der Waals surface area contributed by atoms with Crippen molar-refractivity contribution in [1.82, 2.24) is 0 Å². The molecule has 1 aromatic carbocycles. The van der Waals surface area contributed by atoms with Gasteiger partial charge in [-0.3, -0.25) is 0 Å². The Balaban J connectivity index is 3.28. The number of rotatable bonds is 3. The van der Waals surface area contributed by atoms with E-state index in [2.05, 4.69) is 0 Å². The lowest BCUT2D eigenvalue weighted by molar-refractivity contribution is 0.324. The molecule has 0 bridgehead atoms. The number of benzene rings is 1. The molecule has 1 rings (SSSR count). The highest BCUT2D eigenvalue weighted by molar-refractivity contribution is 5.72. The summed E-state index contributed by atoms with van der Waals surface area (Å²) in [7, 11) is 0. The zero-order valence-corrected chi connectivity index (χ0v) is 9.43. The Bertz CT molecular complexity index is 414. The molecule has 96 valence electrons. The standard InChI is InChI=1S/C9H20N8/c10-4-2-6(12)5(11)1-3(4)9(16,17)7(13)8(14)15/h1-2,7-8H,10-17H2. The van der Waals surface area contributed by atoms with Crippen molar-refractivity contribution in [2.24, 2.45) is 28.7 Å². The molecule has 0 saturated carbocycles. The van der Waals surface area contributed by atoms with E-state index in [0.717, 1.165) is 0 Å². The Morgan fingerprint density at radius 2 is 1.29 bits per heavy atom. The summed E-state index contributed by atoms with van der Waals surface area (Å²) in [4.78, 5) is 0. The van der Waals surface area contributed by atoms with Gasteiger partial charge in [0.05, 0.1) is 23.6 Å². The molecular formula is C9H20N8. The third-order valence-electron chi connectivity index (χ3n) is 2.69. The van der Waals surface area contributed by atoms with Crippen LogP contribution in [0.1, 0.15) is 5.56 Å². The maximum Gasteiger partial charge on any atom is 0.110 e. The molecule has 8 nitrogen and oxygen atoms in total. The van der Waals surface area contributed by atoms with Crippen LogP contribution in [0.4, 0.5) is 17.1 Å². The summed E-state index contributed by atoms with van der Waals surface area (Å²) in [5.41, 5.74) is 45.4. The second-order valence-corrected chi connectivity index (χ2v) is 4.10. The molecule has 1 aromatic rings. The average molecular weight is 240 g/mol. The SMILES string of the molecule is Nc1cc(N)c(C(N)(N)C(N)C(N)N)cc1N. The lowest BCUT2D eigenvalue weighted by Gasteiger charge is -2.34. The summed E-state index contributed by atoms with van der Waals surface area (Å²) >= 11 is 0. The van der Waals surface area contributed by atoms with Gasteiger partial charge in [0.1, 0.15) is 5.66 Å². The fourth-order valence-corrected chi connectivity index (χ4v) is 1.52. The van der Waals surface area contributed by atoms with E-state index in [0.29, 0.717) is 16.9 Å². The van der Waals surface area contributed by atoms with Gasteiger partial charge in [0, 0.05) is 11.3 Å². The van der Waals surface area contributed by atoms with Gasteiger partial charge in [0.2, 0.25) is 0 Å². The van der Waals surface area contributed by atoms with Crippen LogP contribution in [0.5, 0.6) is 0 Å². The molecule has 17 heavy (non-hydrogen) atoms. The number of hydrogen-bond acceptors (Lipinski definition) is 8. The fraction of sp³-hybridized carbons (Fsp3) is 0.333. The van der Waals surface area contributed by atoms with Gasteiger partial charge in [-0.25, -0.2) is 0 Å². The zero-order chi connectivity index (χ0) is 13.4. The van der Waals surface area contributed by atoms with Crippen molar-refractivity contribution in [1.29, 1.82) is 0 Å². The van der Waals surface area contributed by atoms with E-state index in [4.69, 9.17) is 45.9 Å². The largest absolute Gasteiger partial charge is 0.398 e. The fourth-order valence-electron chi connectivity index (χ4n) is 1.52. The lowest BCUT2D eigenvalue weighted by Crippen LogP contribution is -2.67. The number of nitrogens with two attached hydrogens (primary N) is 8. The van der Waals surface area contributed by atoms with E-state index in [-0.39, 0.29) is 5.69 Å². The molecule has 0 aliphatic rings. The zero-order valence-electron chi connectivity index (χ0n) is 9.43. The van der Waals surface area contributed by atoms with Gasteiger partial charge >= 0.3 is 0 Å². The van der Waals surface area contributed by atoms with Crippen LogP contribution >= 0.6 is 0 Å². The predicted molar refractivity (Wildman–Crippen MR) is 69.9 cm³/mol. The molecular weight excluding hydrogens is 220 g/mol. The quantitative estimate of drug-likeness (QED) is 0.202. The van der Waals surface area contributed by atoms with Gasteiger partial charge in [0.25, 0.3) is 0 Å². The van der Waals surface area contributed by atoms with Crippen molar-refractivity contribution in [2.75, 3.05) is 17.2 Å². The molecule has 0 fully saturated rings. The van der Waals surface area contributed by atoms with Gasteiger partial charge in [-0.2, -0.15) is 0 Å². The molecule has 0 aliphatic carbocycles. The lowest BCUT2D eigenvalue weighted by atomic mass is 9.90. The minimum Gasteiger partial charge on any atom is -0.398 e. The van der Waals surface area contributed by atoms with Gasteiger partial charge in [-0.05, 0) is 12.1 Å². The number of hydrogen-bond donors (Lipinski definition) is 8. The highest BCUT2D eigenvalue weighted by atomic mass is 15.1. The average Bonchev–Trinajstić information content (AvgIpc) is 2.21. The predicted octanol–water partition coefficient (Wildman–Crippen LogP) is -2.93. The van der Waals surface area contributed by atoms with Crippen LogP contribution in [0.15, 0.2) is 12.1 Å². The molecule has 0 aliphatic heterocycles. The molecule has 0 saturated heterocycles. The Kier molecular flexibility index (Phi) is 3.45. The van der Waals surface area contributed by atoms with Crippen molar-refractivity contribution in [3.05, 3.63) is 17.7 Å². The first-order valence-electron chi connectivity index (χ1n) is 4.97. The third kappa shape index (κ3) is 2.40. The highest BCUT2D eigenvalue weighted by Crippen LogP contribution is 2.29. The summed E-state index contributed by atoms with van der Waals surface area (Å²) in [5.74, 6) is 0.